The molecule has 0 atom stereocenters. The monoisotopic (exact) mass is 289 g/mol. The molecule has 1 amide bonds. The Kier molecular flexibility index (Phi) is 6.15. The van der Waals surface area contributed by atoms with E-state index in [1.165, 1.54) is 0 Å². The molecule has 0 fully saturated rings. The van der Waals surface area contributed by atoms with E-state index in [1.807, 2.05) is 6.92 Å². The lowest BCUT2D eigenvalue weighted by Gasteiger charge is -2.15. The summed E-state index contributed by atoms with van der Waals surface area (Å²) >= 11 is 0. The third kappa shape index (κ3) is 4.18. The van der Waals surface area contributed by atoms with Crippen LogP contribution in [0.1, 0.15) is 60.7 Å². The molecule has 1 rings (SSSR count). The number of benzene rings is 1. The molecule has 4 heteroatoms. The van der Waals surface area contributed by atoms with Gasteiger partial charge < -0.3 is 10.8 Å². The number of carboxylic acid groups (broad SMARTS) is 1. The molecular formula is C17H23NO3. The molecule has 0 aliphatic heterocycles. The largest absolute Gasteiger partial charge is 0.478 e. The Bertz CT molecular complexity index is 574. The lowest BCUT2D eigenvalue weighted by Crippen LogP contribution is -2.12. The van der Waals surface area contributed by atoms with Crippen LogP contribution in [0.5, 0.6) is 0 Å². The van der Waals surface area contributed by atoms with E-state index in [-0.39, 0.29) is 0 Å². The number of carboxylic acids is 1. The second kappa shape index (κ2) is 7.62. The number of amides is 1. The van der Waals surface area contributed by atoms with Gasteiger partial charge in [-0.05, 0) is 48.6 Å². The molecule has 0 heterocycles. The summed E-state index contributed by atoms with van der Waals surface area (Å²) in [6.07, 6.45) is 5.04. The predicted octanol–water partition coefficient (Wildman–Crippen LogP) is 3.18. The summed E-state index contributed by atoms with van der Waals surface area (Å²) in [6.45, 7) is 5.75. The molecule has 21 heavy (non-hydrogen) atoms. The molecule has 0 bridgehead atoms. The van der Waals surface area contributed by atoms with Crippen LogP contribution < -0.4 is 5.73 Å². The van der Waals surface area contributed by atoms with Gasteiger partial charge in [0.25, 0.3) is 0 Å². The van der Waals surface area contributed by atoms with E-state index in [2.05, 4.69) is 6.92 Å². The van der Waals surface area contributed by atoms with Gasteiger partial charge in [-0.1, -0.05) is 32.8 Å². The predicted molar refractivity (Wildman–Crippen MR) is 84.2 cm³/mol. The Balaban J connectivity index is 3.51. The summed E-state index contributed by atoms with van der Waals surface area (Å²) in [5.74, 6) is -1.37. The fourth-order valence-electron chi connectivity index (χ4n) is 2.43. The average molecular weight is 289 g/mol. The maximum Gasteiger partial charge on any atom is 0.335 e. The molecule has 4 nitrogen and oxygen atoms in total. The summed E-state index contributed by atoms with van der Waals surface area (Å²) in [6, 6.07) is 3.38. The van der Waals surface area contributed by atoms with E-state index >= 15 is 0 Å². The van der Waals surface area contributed by atoms with Gasteiger partial charge in [-0.25, -0.2) is 4.79 Å². The van der Waals surface area contributed by atoms with Crippen molar-refractivity contribution < 1.29 is 14.7 Å². The van der Waals surface area contributed by atoms with Crippen LogP contribution in [0.2, 0.25) is 0 Å². The van der Waals surface area contributed by atoms with Crippen LogP contribution in [-0.2, 0) is 17.6 Å². The van der Waals surface area contributed by atoms with Crippen molar-refractivity contribution in [3.63, 3.8) is 0 Å². The normalized spacial score (nSPS) is 11.5. The number of carbonyl (C=O) groups is 2. The highest BCUT2D eigenvalue weighted by Gasteiger charge is 2.16. The Hall–Kier alpha value is -2.10. The van der Waals surface area contributed by atoms with E-state index in [9.17, 15) is 14.7 Å². The molecule has 0 unspecified atom stereocenters. The maximum atomic E-state index is 11.4. The highest BCUT2D eigenvalue weighted by Crippen LogP contribution is 2.25. The van der Waals surface area contributed by atoms with E-state index in [4.69, 9.17) is 5.73 Å². The molecule has 0 saturated heterocycles. The van der Waals surface area contributed by atoms with Gasteiger partial charge in [-0.15, -0.1) is 0 Å². The van der Waals surface area contributed by atoms with Crippen LogP contribution in [0.4, 0.5) is 0 Å². The zero-order chi connectivity index (χ0) is 16.0. The number of nitrogens with two attached hydrogens (primary N) is 1. The Morgan fingerprint density at radius 1 is 1.14 bits per heavy atom. The zero-order valence-corrected chi connectivity index (χ0v) is 12.9. The maximum absolute atomic E-state index is 11.4. The SMILES string of the molecule is CCCc1c(C=C(C)C(N)=O)ccc(C(=O)O)c1CCC. The third-order valence-corrected chi connectivity index (χ3v) is 3.46. The van der Waals surface area contributed by atoms with Gasteiger partial charge in [-0.3, -0.25) is 4.79 Å². The first-order valence-electron chi connectivity index (χ1n) is 7.28. The van der Waals surface area contributed by atoms with Crippen molar-refractivity contribution in [2.24, 2.45) is 5.73 Å². The summed E-state index contributed by atoms with van der Waals surface area (Å²) in [5.41, 5.74) is 8.88. The van der Waals surface area contributed by atoms with E-state index in [0.29, 0.717) is 17.6 Å². The first-order valence-corrected chi connectivity index (χ1v) is 7.28. The fraction of sp³-hybridized carbons (Fsp3) is 0.412. The van der Waals surface area contributed by atoms with Crippen molar-refractivity contribution in [2.75, 3.05) is 0 Å². The summed E-state index contributed by atoms with van der Waals surface area (Å²) in [4.78, 5) is 22.6. The third-order valence-electron chi connectivity index (χ3n) is 3.46. The van der Waals surface area contributed by atoms with E-state index < -0.39 is 11.9 Å². The minimum atomic E-state index is -0.905. The second-order valence-corrected chi connectivity index (χ2v) is 5.16. The molecular weight excluding hydrogens is 266 g/mol. The molecule has 3 N–H and O–H groups in total. The van der Waals surface area contributed by atoms with Gasteiger partial charge in [-0.2, -0.15) is 0 Å². The lowest BCUT2D eigenvalue weighted by molar-refractivity contribution is -0.114. The molecule has 0 aliphatic carbocycles. The van der Waals surface area contributed by atoms with Gasteiger partial charge in [0.2, 0.25) is 5.91 Å². The smallest absolute Gasteiger partial charge is 0.335 e. The van der Waals surface area contributed by atoms with Crippen molar-refractivity contribution in [3.8, 4) is 0 Å². The number of carbonyl (C=O) groups excluding carboxylic acids is 1. The Labute approximate surface area is 125 Å². The summed E-state index contributed by atoms with van der Waals surface area (Å²) < 4.78 is 0. The number of hydrogen-bond acceptors (Lipinski definition) is 2. The van der Waals surface area contributed by atoms with Crippen LogP contribution in [-0.4, -0.2) is 17.0 Å². The van der Waals surface area contributed by atoms with Gasteiger partial charge >= 0.3 is 5.97 Å². The van der Waals surface area contributed by atoms with Crippen LogP contribution in [0.3, 0.4) is 0 Å². The standard InChI is InChI=1S/C17H23NO3/c1-4-6-13-12(10-11(3)16(18)19)8-9-15(17(20)21)14(13)7-5-2/h8-10H,4-7H2,1-3H3,(H2,18,19)(H,20,21). The van der Waals surface area contributed by atoms with Crippen LogP contribution in [0.25, 0.3) is 6.08 Å². The fourth-order valence-corrected chi connectivity index (χ4v) is 2.43. The number of rotatable bonds is 7. The number of primary amides is 1. The van der Waals surface area contributed by atoms with E-state index in [0.717, 1.165) is 36.0 Å². The van der Waals surface area contributed by atoms with Crippen molar-refractivity contribution in [1.29, 1.82) is 0 Å². The van der Waals surface area contributed by atoms with Crippen molar-refractivity contribution in [1.82, 2.24) is 0 Å². The average Bonchev–Trinajstić information content (AvgIpc) is 2.42. The van der Waals surface area contributed by atoms with Crippen molar-refractivity contribution in [3.05, 3.63) is 40.0 Å². The first kappa shape index (κ1) is 17.0. The molecule has 114 valence electrons. The zero-order valence-electron chi connectivity index (χ0n) is 12.9. The quantitative estimate of drug-likeness (QED) is 0.756. The minimum absolute atomic E-state index is 0.356. The van der Waals surface area contributed by atoms with Gasteiger partial charge in [0.1, 0.15) is 0 Å². The van der Waals surface area contributed by atoms with Gasteiger partial charge in [0.05, 0.1) is 5.56 Å². The lowest BCUT2D eigenvalue weighted by atomic mass is 9.89. The molecule has 0 spiro atoms. The van der Waals surface area contributed by atoms with Crippen LogP contribution >= 0.6 is 0 Å². The molecule has 0 aliphatic rings. The van der Waals surface area contributed by atoms with Crippen molar-refractivity contribution >= 4 is 18.0 Å². The molecule has 1 aromatic carbocycles. The Morgan fingerprint density at radius 3 is 2.19 bits per heavy atom. The summed E-state index contributed by atoms with van der Waals surface area (Å²) in [7, 11) is 0. The first-order chi connectivity index (χ1) is 9.92. The number of aromatic carboxylic acids is 1. The summed E-state index contributed by atoms with van der Waals surface area (Å²) in [5, 5.41) is 9.36. The molecule has 0 aromatic heterocycles. The topological polar surface area (TPSA) is 80.4 Å². The highest BCUT2D eigenvalue weighted by molar-refractivity contribution is 5.96. The minimum Gasteiger partial charge on any atom is -0.478 e. The molecule has 0 radical (unpaired) electrons. The molecule has 1 aromatic rings. The van der Waals surface area contributed by atoms with Gasteiger partial charge in [0.15, 0.2) is 0 Å². The second-order valence-electron chi connectivity index (χ2n) is 5.16. The van der Waals surface area contributed by atoms with Crippen molar-refractivity contribution in [2.45, 2.75) is 46.5 Å². The molecule has 0 saturated carbocycles. The Morgan fingerprint density at radius 2 is 1.71 bits per heavy atom. The highest BCUT2D eigenvalue weighted by atomic mass is 16.4. The van der Waals surface area contributed by atoms with E-state index in [1.54, 1.807) is 25.1 Å². The van der Waals surface area contributed by atoms with Crippen LogP contribution in [0.15, 0.2) is 17.7 Å². The van der Waals surface area contributed by atoms with Gasteiger partial charge in [0, 0.05) is 5.57 Å². The number of hydrogen-bond donors (Lipinski definition) is 2. The van der Waals surface area contributed by atoms with Crippen LogP contribution in [0, 0.1) is 0 Å².